The highest BCUT2D eigenvalue weighted by atomic mass is 28.3. The van der Waals surface area contributed by atoms with Crippen LogP contribution in [0.4, 0.5) is 0 Å². The van der Waals surface area contributed by atoms with Gasteiger partial charge in [-0.1, -0.05) is 31.8 Å². The van der Waals surface area contributed by atoms with Crippen LogP contribution in [0.1, 0.15) is 20.7 Å². The number of carboxylic acid groups (broad SMARTS) is 1. The van der Waals surface area contributed by atoms with E-state index in [1.165, 1.54) is 12.1 Å². The van der Waals surface area contributed by atoms with E-state index >= 15 is 0 Å². The highest BCUT2D eigenvalue weighted by molar-refractivity contribution is 6.76. The molecule has 5 heteroatoms. The number of ether oxygens (including phenoxy) is 1. The van der Waals surface area contributed by atoms with Crippen LogP contribution >= 0.6 is 0 Å². The van der Waals surface area contributed by atoms with E-state index in [1.54, 1.807) is 12.1 Å². The van der Waals surface area contributed by atoms with Crippen LogP contribution in [0.2, 0.25) is 25.7 Å². The average Bonchev–Trinajstić information content (AvgIpc) is 2.27. The van der Waals surface area contributed by atoms with Crippen molar-refractivity contribution in [3.63, 3.8) is 0 Å². The van der Waals surface area contributed by atoms with Crippen LogP contribution in [0.5, 0.6) is 0 Å². The third-order valence-corrected chi connectivity index (χ3v) is 4.17. The highest BCUT2D eigenvalue weighted by Crippen LogP contribution is 2.12. The van der Waals surface area contributed by atoms with E-state index < -0.39 is 20.0 Å². The molecule has 0 aliphatic carbocycles. The second-order valence-corrected chi connectivity index (χ2v) is 10.9. The first-order valence-electron chi connectivity index (χ1n) is 5.81. The SMILES string of the molecule is C[Si](C)(C)CCOC(=O)c1ccccc1C(=O)O. The summed E-state index contributed by atoms with van der Waals surface area (Å²) in [6.45, 7) is 6.91. The first-order valence-corrected chi connectivity index (χ1v) is 9.51. The molecule has 18 heavy (non-hydrogen) atoms. The molecular formula is C13H18O4Si. The summed E-state index contributed by atoms with van der Waals surface area (Å²) in [5, 5.41) is 8.97. The van der Waals surface area contributed by atoms with Crippen LogP contribution in [-0.2, 0) is 4.74 Å². The van der Waals surface area contributed by atoms with Crippen molar-refractivity contribution < 1.29 is 19.4 Å². The molecule has 0 saturated heterocycles. The maximum absolute atomic E-state index is 11.8. The zero-order valence-corrected chi connectivity index (χ0v) is 11.9. The van der Waals surface area contributed by atoms with Crippen LogP contribution in [-0.4, -0.2) is 31.7 Å². The predicted molar refractivity (Wildman–Crippen MR) is 71.8 cm³/mol. The van der Waals surface area contributed by atoms with Gasteiger partial charge < -0.3 is 9.84 Å². The van der Waals surface area contributed by atoms with Gasteiger partial charge in [0.15, 0.2) is 0 Å². The maximum atomic E-state index is 11.8. The number of carboxylic acids is 1. The average molecular weight is 266 g/mol. The Kier molecular flexibility index (Phi) is 4.67. The minimum atomic E-state index is -1.25. The van der Waals surface area contributed by atoms with Crippen molar-refractivity contribution in [3.8, 4) is 0 Å². The second-order valence-electron chi connectivity index (χ2n) is 5.30. The van der Waals surface area contributed by atoms with Gasteiger partial charge in [-0.2, -0.15) is 0 Å². The van der Waals surface area contributed by atoms with Gasteiger partial charge in [-0.3, -0.25) is 0 Å². The number of benzene rings is 1. The van der Waals surface area contributed by atoms with Gasteiger partial charge >= 0.3 is 11.9 Å². The van der Waals surface area contributed by atoms with Gasteiger partial charge in [0.2, 0.25) is 0 Å². The molecule has 1 aromatic rings. The molecule has 0 aromatic heterocycles. The Bertz CT molecular complexity index is 449. The molecule has 1 aromatic carbocycles. The van der Waals surface area contributed by atoms with Gasteiger partial charge in [0.05, 0.1) is 17.7 Å². The van der Waals surface area contributed by atoms with Crippen molar-refractivity contribution in [2.75, 3.05) is 6.61 Å². The summed E-state index contributed by atoms with van der Waals surface area (Å²) in [5.41, 5.74) is 0.0936. The zero-order chi connectivity index (χ0) is 13.8. The highest BCUT2D eigenvalue weighted by Gasteiger charge is 2.18. The molecule has 0 heterocycles. The predicted octanol–water partition coefficient (Wildman–Crippen LogP) is 2.88. The summed E-state index contributed by atoms with van der Waals surface area (Å²) in [4.78, 5) is 22.7. The minimum Gasteiger partial charge on any atom is -0.478 e. The molecule has 0 unspecified atom stereocenters. The molecule has 0 fully saturated rings. The molecule has 0 aliphatic rings. The monoisotopic (exact) mass is 266 g/mol. The number of hydrogen-bond acceptors (Lipinski definition) is 3. The van der Waals surface area contributed by atoms with E-state index in [9.17, 15) is 9.59 Å². The van der Waals surface area contributed by atoms with Crippen molar-refractivity contribution in [2.45, 2.75) is 25.7 Å². The smallest absolute Gasteiger partial charge is 0.338 e. The number of carbonyl (C=O) groups is 2. The second kappa shape index (κ2) is 5.82. The fourth-order valence-electron chi connectivity index (χ4n) is 1.38. The van der Waals surface area contributed by atoms with Crippen molar-refractivity contribution in [1.82, 2.24) is 0 Å². The Labute approximate surface area is 108 Å². The van der Waals surface area contributed by atoms with Gasteiger partial charge in [0, 0.05) is 8.07 Å². The molecule has 0 radical (unpaired) electrons. The third kappa shape index (κ3) is 4.33. The van der Waals surface area contributed by atoms with Crippen LogP contribution in [0.3, 0.4) is 0 Å². The van der Waals surface area contributed by atoms with Crippen molar-refractivity contribution in [3.05, 3.63) is 35.4 Å². The summed E-state index contributed by atoms with van der Waals surface area (Å²) in [7, 11) is -1.25. The summed E-state index contributed by atoms with van der Waals surface area (Å²) >= 11 is 0. The molecule has 4 nitrogen and oxygen atoms in total. The van der Waals surface area contributed by atoms with Crippen LogP contribution < -0.4 is 0 Å². The van der Waals surface area contributed by atoms with Gasteiger partial charge in [0.1, 0.15) is 0 Å². The van der Waals surface area contributed by atoms with Crippen molar-refractivity contribution in [1.29, 1.82) is 0 Å². The van der Waals surface area contributed by atoms with Crippen molar-refractivity contribution >= 4 is 20.0 Å². The molecule has 0 bridgehead atoms. The Morgan fingerprint density at radius 2 is 1.72 bits per heavy atom. The lowest BCUT2D eigenvalue weighted by atomic mass is 10.1. The van der Waals surface area contributed by atoms with E-state index in [0.29, 0.717) is 6.61 Å². The lowest BCUT2D eigenvalue weighted by Crippen LogP contribution is -2.23. The molecule has 0 aliphatic heterocycles. The topological polar surface area (TPSA) is 63.6 Å². The summed E-state index contributed by atoms with van der Waals surface area (Å²) in [6.07, 6.45) is 0. The number of esters is 1. The van der Waals surface area contributed by atoms with Crippen LogP contribution in [0, 0.1) is 0 Å². The fourth-order valence-corrected chi connectivity index (χ4v) is 2.09. The van der Waals surface area contributed by atoms with E-state index in [2.05, 4.69) is 19.6 Å². The number of aromatic carboxylic acids is 1. The molecule has 1 rings (SSSR count). The molecule has 98 valence electrons. The third-order valence-electron chi connectivity index (χ3n) is 2.46. The van der Waals surface area contributed by atoms with Crippen LogP contribution in [0.15, 0.2) is 24.3 Å². The maximum Gasteiger partial charge on any atom is 0.338 e. The fraction of sp³-hybridized carbons (Fsp3) is 0.385. The quantitative estimate of drug-likeness (QED) is 0.657. The van der Waals surface area contributed by atoms with Crippen molar-refractivity contribution in [2.24, 2.45) is 0 Å². The molecule has 0 saturated carbocycles. The Morgan fingerprint density at radius 1 is 1.17 bits per heavy atom. The first kappa shape index (κ1) is 14.4. The van der Waals surface area contributed by atoms with E-state index in [4.69, 9.17) is 9.84 Å². The van der Waals surface area contributed by atoms with E-state index in [-0.39, 0.29) is 11.1 Å². The Hall–Kier alpha value is -1.62. The Balaban J connectivity index is 2.70. The molecule has 0 atom stereocenters. The standard InChI is InChI=1S/C13H18O4Si/c1-18(2,3)9-8-17-13(16)11-7-5-4-6-10(11)12(14)15/h4-7H,8-9H2,1-3H3,(H,14,15). The summed E-state index contributed by atoms with van der Waals surface area (Å²) in [6, 6.07) is 6.95. The lowest BCUT2D eigenvalue weighted by Gasteiger charge is -2.15. The molecule has 1 N–H and O–H groups in total. The molecular weight excluding hydrogens is 248 g/mol. The molecule has 0 spiro atoms. The Morgan fingerprint density at radius 3 is 2.22 bits per heavy atom. The minimum absolute atomic E-state index is 0.0181. The van der Waals surface area contributed by atoms with Crippen LogP contribution in [0.25, 0.3) is 0 Å². The first-order chi connectivity index (χ1) is 8.31. The van der Waals surface area contributed by atoms with E-state index in [1.807, 2.05) is 0 Å². The van der Waals surface area contributed by atoms with E-state index in [0.717, 1.165) is 6.04 Å². The summed E-state index contributed by atoms with van der Waals surface area (Å²) in [5.74, 6) is -1.68. The van der Waals surface area contributed by atoms with Gasteiger partial charge in [-0.15, -0.1) is 0 Å². The normalized spacial score (nSPS) is 11.1. The van der Waals surface area contributed by atoms with Gasteiger partial charge in [-0.25, -0.2) is 9.59 Å². The number of rotatable bonds is 5. The zero-order valence-electron chi connectivity index (χ0n) is 10.9. The summed E-state index contributed by atoms with van der Waals surface area (Å²) < 4.78 is 5.13. The number of hydrogen-bond donors (Lipinski definition) is 1. The lowest BCUT2D eigenvalue weighted by molar-refractivity contribution is 0.0513. The molecule has 0 amide bonds. The number of carbonyl (C=O) groups excluding carboxylic acids is 1. The van der Waals surface area contributed by atoms with Gasteiger partial charge in [-0.05, 0) is 18.2 Å². The largest absolute Gasteiger partial charge is 0.478 e. The van der Waals surface area contributed by atoms with Gasteiger partial charge in [0.25, 0.3) is 0 Å².